The first-order valence-electron chi connectivity index (χ1n) is 7.23. The van der Waals surface area contributed by atoms with Gasteiger partial charge in [-0.25, -0.2) is 4.98 Å². The van der Waals surface area contributed by atoms with E-state index in [4.69, 9.17) is 10.7 Å². The molecule has 2 aromatic carbocycles. The van der Waals surface area contributed by atoms with Crippen LogP contribution in [0.5, 0.6) is 0 Å². The van der Waals surface area contributed by atoms with Gasteiger partial charge >= 0.3 is 0 Å². The summed E-state index contributed by atoms with van der Waals surface area (Å²) in [4.78, 5) is 4.78. The molecule has 3 nitrogen and oxygen atoms in total. The molecule has 1 aromatic heterocycles. The van der Waals surface area contributed by atoms with Gasteiger partial charge in [0.25, 0.3) is 0 Å². The van der Waals surface area contributed by atoms with E-state index in [1.165, 1.54) is 5.56 Å². The Bertz CT molecular complexity index is 736. The average molecular weight is 387 g/mol. The van der Waals surface area contributed by atoms with Crippen LogP contribution in [0.3, 0.4) is 0 Å². The van der Waals surface area contributed by atoms with Crippen molar-refractivity contribution in [2.75, 3.05) is 13.1 Å². The molecule has 3 N–H and O–H groups in total. The van der Waals surface area contributed by atoms with Gasteiger partial charge in [0, 0.05) is 30.6 Å². The fraction of sp³-hybridized carbons (Fsp3) is 0.167. The lowest BCUT2D eigenvalue weighted by Crippen LogP contribution is -2.21. The monoisotopic (exact) mass is 385 g/mol. The molecule has 0 unspecified atom stereocenters. The van der Waals surface area contributed by atoms with Crippen LogP contribution < -0.4 is 11.1 Å². The summed E-state index contributed by atoms with van der Waals surface area (Å²) in [6.45, 7) is 2.31. The predicted molar refractivity (Wildman–Crippen MR) is 110 cm³/mol. The van der Waals surface area contributed by atoms with E-state index in [1.54, 1.807) is 0 Å². The molecule has 0 radical (unpaired) electrons. The average Bonchev–Trinajstić information content (AvgIpc) is 2.55. The number of halogens is 3. The van der Waals surface area contributed by atoms with Crippen molar-refractivity contribution in [1.82, 2.24) is 10.3 Å². The van der Waals surface area contributed by atoms with Gasteiger partial charge in [0.05, 0.1) is 11.2 Å². The van der Waals surface area contributed by atoms with Crippen LogP contribution >= 0.6 is 37.2 Å². The summed E-state index contributed by atoms with van der Waals surface area (Å²) in [6, 6.07) is 20.9. The smallest absolute Gasteiger partial charge is 0.0712 e. The van der Waals surface area contributed by atoms with Gasteiger partial charge in [-0.1, -0.05) is 48.5 Å². The van der Waals surface area contributed by atoms with E-state index in [2.05, 4.69) is 47.8 Å². The quantitative estimate of drug-likeness (QED) is 0.646. The lowest BCUT2D eigenvalue weighted by Gasteiger charge is -2.07. The minimum absolute atomic E-state index is 0. The van der Waals surface area contributed by atoms with Crippen molar-refractivity contribution in [3.63, 3.8) is 0 Å². The second-order valence-corrected chi connectivity index (χ2v) is 5.06. The standard InChI is InChI=1S/C18H19N3.3ClH/c19-10-11-20-13-14-6-7-16-8-9-17(21-18(16)12-14)15-4-2-1-3-5-15;;;/h1-9,12,20H,10-11,13,19H2;3*1H. The maximum absolute atomic E-state index is 5.49. The number of fused-ring (bicyclic) bond motifs is 1. The third-order valence-corrected chi connectivity index (χ3v) is 3.48. The van der Waals surface area contributed by atoms with Gasteiger partial charge in [0.15, 0.2) is 0 Å². The molecule has 6 heteroatoms. The molecule has 0 fully saturated rings. The van der Waals surface area contributed by atoms with Crippen molar-refractivity contribution in [3.8, 4) is 11.3 Å². The van der Waals surface area contributed by atoms with Gasteiger partial charge in [-0.3, -0.25) is 0 Å². The number of nitrogens with zero attached hydrogens (tertiary/aromatic N) is 1. The first-order chi connectivity index (χ1) is 10.4. The Balaban J connectivity index is 0.00000176. The van der Waals surface area contributed by atoms with Crippen LogP contribution in [0, 0.1) is 0 Å². The van der Waals surface area contributed by atoms with Crippen LogP contribution in [0.2, 0.25) is 0 Å². The fourth-order valence-corrected chi connectivity index (χ4v) is 2.38. The summed E-state index contributed by atoms with van der Waals surface area (Å²) in [6.07, 6.45) is 0. The van der Waals surface area contributed by atoms with Crippen LogP contribution in [0.25, 0.3) is 22.2 Å². The molecule has 1 heterocycles. The number of nitrogens with one attached hydrogen (secondary N) is 1. The van der Waals surface area contributed by atoms with E-state index in [0.29, 0.717) is 6.54 Å². The number of rotatable bonds is 5. The lowest BCUT2D eigenvalue weighted by molar-refractivity contribution is 0.695. The Kier molecular flexibility index (Phi) is 10.6. The molecule has 0 aliphatic carbocycles. The first kappa shape index (κ1) is 22.6. The molecule has 0 atom stereocenters. The van der Waals surface area contributed by atoms with Crippen molar-refractivity contribution >= 4 is 48.1 Å². The molecule has 0 bridgehead atoms. The van der Waals surface area contributed by atoms with E-state index in [9.17, 15) is 0 Å². The fourth-order valence-electron chi connectivity index (χ4n) is 2.38. The maximum Gasteiger partial charge on any atom is 0.0712 e. The summed E-state index contributed by atoms with van der Waals surface area (Å²) in [7, 11) is 0. The zero-order valence-electron chi connectivity index (χ0n) is 13.1. The van der Waals surface area contributed by atoms with Gasteiger partial charge in [-0.2, -0.15) is 0 Å². The molecule has 0 aliphatic rings. The van der Waals surface area contributed by atoms with E-state index >= 15 is 0 Å². The first-order valence-corrected chi connectivity index (χ1v) is 7.23. The van der Waals surface area contributed by atoms with Crippen LogP contribution in [-0.2, 0) is 6.54 Å². The Hall–Kier alpha value is -1.36. The lowest BCUT2D eigenvalue weighted by atomic mass is 10.1. The minimum Gasteiger partial charge on any atom is -0.329 e. The summed E-state index contributed by atoms with van der Waals surface area (Å²) >= 11 is 0. The Morgan fingerprint density at radius 3 is 2.29 bits per heavy atom. The summed E-state index contributed by atoms with van der Waals surface area (Å²) in [5, 5.41) is 4.47. The topological polar surface area (TPSA) is 50.9 Å². The number of nitrogens with two attached hydrogens (primary N) is 1. The molecule has 0 spiro atoms. The van der Waals surface area contributed by atoms with Gasteiger partial charge in [0.1, 0.15) is 0 Å². The zero-order chi connectivity index (χ0) is 14.5. The molecule has 0 saturated carbocycles. The molecule has 0 aliphatic heterocycles. The highest BCUT2D eigenvalue weighted by atomic mass is 35.5. The number of benzene rings is 2. The zero-order valence-corrected chi connectivity index (χ0v) is 15.6. The second kappa shape index (κ2) is 11.2. The van der Waals surface area contributed by atoms with Gasteiger partial charge in [-0.15, -0.1) is 37.2 Å². The van der Waals surface area contributed by atoms with Crippen molar-refractivity contribution in [2.24, 2.45) is 5.73 Å². The van der Waals surface area contributed by atoms with Gasteiger partial charge < -0.3 is 11.1 Å². The third kappa shape index (κ3) is 5.62. The highest BCUT2D eigenvalue weighted by Gasteiger charge is 2.02. The van der Waals surface area contributed by atoms with Crippen LogP contribution in [0.4, 0.5) is 0 Å². The highest BCUT2D eigenvalue weighted by molar-refractivity contribution is 5.86. The van der Waals surface area contributed by atoms with Crippen LogP contribution in [0.15, 0.2) is 60.7 Å². The SMILES string of the molecule is Cl.Cl.Cl.NCCNCc1ccc2ccc(-c3ccccc3)nc2c1. The summed E-state index contributed by atoms with van der Waals surface area (Å²) in [5.74, 6) is 0. The van der Waals surface area contributed by atoms with Crippen LogP contribution in [-0.4, -0.2) is 18.1 Å². The number of hydrogen-bond donors (Lipinski definition) is 2. The van der Waals surface area contributed by atoms with Gasteiger partial charge in [-0.05, 0) is 17.7 Å². The van der Waals surface area contributed by atoms with Crippen molar-refractivity contribution in [1.29, 1.82) is 0 Å². The molecule has 0 amide bonds. The van der Waals surface area contributed by atoms with Crippen molar-refractivity contribution in [2.45, 2.75) is 6.54 Å². The molecule has 24 heavy (non-hydrogen) atoms. The Morgan fingerprint density at radius 2 is 1.58 bits per heavy atom. The molecule has 130 valence electrons. The summed E-state index contributed by atoms with van der Waals surface area (Å²) in [5.41, 5.74) is 9.91. The number of pyridine rings is 1. The molecule has 3 aromatic rings. The van der Waals surface area contributed by atoms with Crippen LogP contribution in [0.1, 0.15) is 5.56 Å². The van der Waals surface area contributed by atoms with E-state index < -0.39 is 0 Å². The van der Waals surface area contributed by atoms with E-state index in [0.717, 1.165) is 35.2 Å². The number of hydrogen-bond acceptors (Lipinski definition) is 3. The minimum atomic E-state index is 0. The third-order valence-electron chi connectivity index (χ3n) is 3.48. The Morgan fingerprint density at radius 1 is 0.875 bits per heavy atom. The van der Waals surface area contributed by atoms with Crippen molar-refractivity contribution < 1.29 is 0 Å². The number of aromatic nitrogens is 1. The molecular weight excluding hydrogens is 365 g/mol. The summed E-state index contributed by atoms with van der Waals surface area (Å²) < 4.78 is 0. The second-order valence-electron chi connectivity index (χ2n) is 5.06. The van der Waals surface area contributed by atoms with E-state index in [-0.39, 0.29) is 37.2 Å². The highest BCUT2D eigenvalue weighted by Crippen LogP contribution is 2.21. The normalized spacial score (nSPS) is 9.54. The maximum atomic E-state index is 5.49. The Labute approximate surface area is 161 Å². The van der Waals surface area contributed by atoms with Crippen molar-refractivity contribution in [3.05, 3.63) is 66.2 Å². The van der Waals surface area contributed by atoms with Gasteiger partial charge in [0.2, 0.25) is 0 Å². The van der Waals surface area contributed by atoms with E-state index in [1.807, 2.05) is 18.2 Å². The predicted octanol–water partition coefficient (Wildman–Crippen LogP) is 4.22. The molecule has 3 rings (SSSR count). The largest absolute Gasteiger partial charge is 0.329 e. The molecular formula is C18H22Cl3N3. The molecule has 0 saturated heterocycles.